The van der Waals surface area contributed by atoms with E-state index in [4.69, 9.17) is 0 Å². The van der Waals surface area contributed by atoms with Crippen LogP contribution in [0.5, 0.6) is 5.88 Å². The molecule has 0 aromatic carbocycles. The van der Waals surface area contributed by atoms with Crippen LogP contribution in [0.2, 0.25) is 0 Å². The van der Waals surface area contributed by atoms with Crippen LogP contribution in [0.25, 0.3) is 0 Å². The molecule has 8 heteroatoms. The van der Waals surface area contributed by atoms with E-state index < -0.39 is 12.8 Å². The third-order valence-electron chi connectivity index (χ3n) is 2.52. The standard InChI is InChI=1S/C12H13F3N4O/c1-19-10(4-5-18-19)7-16-9-2-3-11(17-6-9)20-8-12(13,14)15/h2-6,16H,7-8H2,1H3. The Morgan fingerprint density at radius 3 is 2.65 bits per heavy atom. The van der Waals surface area contributed by atoms with Gasteiger partial charge in [0, 0.05) is 19.3 Å². The van der Waals surface area contributed by atoms with Gasteiger partial charge in [0.05, 0.1) is 24.1 Å². The molecule has 0 spiro atoms. The van der Waals surface area contributed by atoms with Gasteiger partial charge in [0.25, 0.3) is 0 Å². The Labute approximate surface area is 113 Å². The van der Waals surface area contributed by atoms with Gasteiger partial charge >= 0.3 is 6.18 Å². The van der Waals surface area contributed by atoms with Crippen molar-refractivity contribution in [1.82, 2.24) is 14.8 Å². The summed E-state index contributed by atoms with van der Waals surface area (Å²) in [6, 6.07) is 4.85. The van der Waals surface area contributed by atoms with Gasteiger partial charge in [0.15, 0.2) is 6.61 Å². The van der Waals surface area contributed by atoms with Crippen LogP contribution >= 0.6 is 0 Å². The van der Waals surface area contributed by atoms with E-state index in [-0.39, 0.29) is 5.88 Å². The second-order valence-corrected chi connectivity index (χ2v) is 4.09. The second kappa shape index (κ2) is 5.81. The van der Waals surface area contributed by atoms with Crippen molar-refractivity contribution in [2.75, 3.05) is 11.9 Å². The molecule has 0 amide bonds. The molecule has 0 aliphatic rings. The lowest BCUT2D eigenvalue weighted by Crippen LogP contribution is -2.19. The first kappa shape index (κ1) is 14.2. The Bertz CT molecular complexity index is 551. The predicted octanol–water partition coefficient (Wildman–Crippen LogP) is 2.37. The molecule has 1 N–H and O–H groups in total. The third kappa shape index (κ3) is 4.15. The van der Waals surface area contributed by atoms with Crippen molar-refractivity contribution in [3.63, 3.8) is 0 Å². The summed E-state index contributed by atoms with van der Waals surface area (Å²) in [5.41, 5.74) is 1.66. The zero-order valence-corrected chi connectivity index (χ0v) is 10.7. The molecule has 2 heterocycles. The molecular weight excluding hydrogens is 273 g/mol. The fourth-order valence-electron chi connectivity index (χ4n) is 1.49. The number of ether oxygens (including phenoxy) is 1. The summed E-state index contributed by atoms with van der Waals surface area (Å²) in [4.78, 5) is 3.80. The zero-order chi connectivity index (χ0) is 14.6. The molecule has 2 rings (SSSR count). The normalized spacial score (nSPS) is 11.4. The predicted molar refractivity (Wildman–Crippen MR) is 66.3 cm³/mol. The molecule has 0 fully saturated rings. The number of rotatable bonds is 5. The van der Waals surface area contributed by atoms with Crippen molar-refractivity contribution >= 4 is 5.69 Å². The van der Waals surface area contributed by atoms with Gasteiger partial charge in [-0.2, -0.15) is 18.3 Å². The molecule has 20 heavy (non-hydrogen) atoms. The van der Waals surface area contributed by atoms with Crippen molar-refractivity contribution < 1.29 is 17.9 Å². The first-order valence-corrected chi connectivity index (χ1v) is 5.80. The lowest BCUT2D eigenvalue weighted by atomic mass is 10.3. The Morgan fingerprint density at radius 1 is 1.30 bits per heavy atom. The van der Waals surface area contributed by atoms with Gasteiger partial charge in [-0.3, -0.25) is 4.68 Å². The fourth-order valence-corrected chi connectivity index (χ4v) is 1.49. The maximum absolute atomic E-state index is 12.0. The maximum atomic E-state index is 12.0. The van der Waals surface area contributed by atoms with Gasteiger partial charge in [-0.15, -0.1) is 0 Å². The van der Waals surface area contributed by atoms with Crippen LogP contribution in [0.3, 0.4) is 0 Å². The van der Waals surface area contributed by atoms with E-state index in [1.165, 1.54) is 12.3 Å². The summed E-state index contributed by atoms with van der Waals surface area (Å²) in [5.74, 6) is -0.0617. The number of nitrogens with one attached hydrogen (secondary N) is 1. The van der Waals surface area contributed by atoms with E-state index in [1.54, 1.807) is 16.9 Å². The number of aromatic nitrogens is 3. The summed E-state index contributed by atoms with van der Waals surface area (Å²) < 4.78 is 42.1. The minimum atomic E-state index is -4.36. The highest BCUT2D eigenvalue weighted by atomic mass is 19.4. The first-order valence-electron chi connectivity index (χ1n) is 5.80. The largest absolute Gasteiger partial charge is 0.468 e. The summed E-state index contributed by atoms with van der Waals surface area (Å²) in [6.45, 7) is -0.803. The summed E-state index contributed by atoms with van der Waals surface area (Å²) >= 11 is 0. The monoisotopic (exact) mass is 286 g/mol. The quantitative estimate of drug-likeness (QED) is 0.916. The van der Waals surface area contributed by atoms with Crippen LogP contribution in [0.4, 0.5) is 18.9 Å². The number of hydrogen-bond donors (Lipinski definition) is 1. The molecular formula is C12H13F3N4O. The highest BCUT2D eigenvalue weighted by Crippen LogP contribution is 2.18. The number of aryl methyl sites for hydroxylation is 1. The molecule has 0 aliphatic heterocycles. The van der Waals surface area contributed by atoms with Crippen LogP contribution in [0.1, 0.15) is 5.69 Å². The highest BCUT2D eigenvalue weighted by Gasteiger charge is 2.28. The number of pyridine rings is 1. The average molecular weight is 286 g/mol. The Kier molecular flexibility index (Phi) is 4.11. The molecule has 0 radical (unpaired) electrons. The van der Waals surface area contributed by atoms with Gasteiger partial charge in [-0.05, 0) is 12.1 Å². The summed E-state index contributed by atoms with van der Waals surface area (Å²) in [7, 11) is 1.82. The second-order valence-electron chi connectivity index (χ2n) is 4.09. The molecule has 0 unspecified atom stereocenters. The minimum absolute atomic E-state index is 0.0617. The molecule has 0 saturated carbocycles. The van der Waals surface area contributed by atoms with Crippen molar-refractivity contribution in [1.29, 1.82) is 0 Å². The minimum Gasteiger partial charge on any atom is -0.468 e. The SMILES string of the molecule is Cn1nccc1CNc1ccc(OCC(F)(F)F)nc1. The van der Waals surface area contributed by atoms with Crippen LogP contribution in [0, 0.1) is 0 Å². The van der Waals surface area contributed by atoms with Gasteiger partial charge in [-0.1, -0.05) is 0 Å². The number of nitrogens with zero attached hydrogens (tertiary/aromatic N) is 3. The highest BCUT2D eigenvalue weighted by molar-refractivity contribution is 5.42. The fraction of sp³-hybridized carbons (Fsp3) is 0.333. The van der Waals surface area contributed by atoms with Crippen molar-refractivity contribution in [2.45, 2.75) is 12.7 Å². The average Bonchev–Trinajstić information content (AvgIpc) is 2.80. The maximum Gasteiger partial charge on any atom is 0.422 e. The van der Waals surface area contributed by atoms with Crippen molar-refractivity contribution in [2.24, 2.45) is 7.05 Å². The lowest BCUT2D eigenvalue weighted by Gasteiger charge is -2.09. The molecule has 2 aromatic heterocycles. The smallest absolute Gasteiger partial charge is 0.422 e. The van der Waals surface area contributed by atoms with Crippen LogP contribution < -0.4 is 10.1 Å². The zero-order valence-electron chi connectivity index (χ0n) is 10.7. The van der Waals surface area contributed by atoms with Crippen LogP contribution in [-0.2, 0) is 13.6 Å². The topological polar surface area (TPSA) is 52.0 Å². The molecule has 2 aromatic rings. The van der Waals surface area contributed by atoms with Crippen molar-refractivity contribution in [3.05, 3.63) is 36.3 Å². The number of alkyl halides is 3. The van der Waals surface area contributed by atoms with Gasteiger partial charge in [0.2, 0.25) is 5.88 Å². The lowest BCUT2D eigenvalue weighted by molar-refractivity contribution is -0.154. The Balaban J connectivity index is 1.87. The van der Waals surface area contributed by atoms with E-state index in [0.717, 1.165) is 5.69 Å². The summed E-state index contributed by atoms with van der Waals surface area (Å²) in [6.07, 6.45) is -1.26. The molecule has 0 bridgehead atoms. The molecule has 0 aliphatic carbocycles. The molecule has 0 atom stereocenters. The van der Waals surface area contributed by atoms with E-state index >= 15 is 0 Å². The van der Waals surface area contributed by atoms with E-state index in [0.29, 0.717) is 12.2 Å². The molecule has 0 saturated heterocycles. The molecule has 108 valence electrons. The van der Waals surface area contributed by atoms with Crippen LogP contribution in [-0.4, -0.2) is 27.5 Å². The molecule has 5 nitrogen and oxygen atoms in total. The van der Waals surface area contributed by atoms with Gasteiger partial charge in [0.1, 0.15) is 0 Å². The Hall–Kier alpha value is -2.25. The summed E-state index contributed by atoms with van der Waals surface area (Å²) in [5, 5.41) is 7.11. The first-order chi connectivity index (χ1) is 9.44. The van der Waals surface area contributed by atoms with Gasteiger partial charge in [-0.25, -0.2) is 4.98 Å². The van der Waals surface area contributed by atoms with Crippen molar-refractivity contribution in [3.8, 4) is 5.88 Å². The van der Waals surface area contributed by atoms with Crippen LogP contribution in [0.15, 0.2) is 30.6 Å². The number of anilines is 1. The third-order valence-corrected chi connectivity index (χ3v) is 2.52. The number of hydrogen-bond acceptors (Lipinski definition) is 4. The Morgan fingerprint density at radius 2 is 2.10 bits per heavy atom. The number of halogens is 3. The van der Waals surface area contributed by atoms with E-state index in [1.807, 2.05) is 13.1 Å². The van der Waals surface area contributed by atoms with Gasteiger partial charge < -0.3 is 10.1 Å². The van der Waals surface area contributed by atoms with E-state index in [2.05, 4.69) is 20.1 Å². The van der Waals surface area contributed by atoms with E-state index in [9.17, 15) is 13.2 Å².